The maximum absolute atomic E-state index is 8.52. The van der Waals surface area contributed by atoms with Crippen LogP contribution in [0.1, 0.15) is 9.75 Å². The van der Waals surface area contributed by atoms with Crippen LogP contribution in [0.2, 0.25) is 0 Å². The van der Waals surface area contributed by atoms with Crippen molar-refractivity contribution in [1.29, 1.82) is 5.26 Å². The largest absolute Gasteiger partial charge is 0.375 e. The molecule has 1 aromatic heterocycles. The van der Waals surface area contributed by atoms with Gasteiger partial charge in [-0.2, -0.15) is 10.4 Å². The Hall–Kier alpha value is -1.45. The van der Waals surface area contributed by atoms with Gasteiger partial charge < -0.3 is 5.73 Å². The molecular weight excluding hydrogens is 204 g/mol. The first kappa shape index (κ1) is 9.64. The van der Waals surface area contributed by atoms with Crippen LogP contribution >= 0.6 is 23.6 Å². The summed E-state index contributed by atoms with van der Waals surface area (Å²) >= 11 is 5.89. The number of nitrogens with two attached hydrogens (primary N) is 1. The van der Waals surface area contributed by atoms with Gasteiger partial charge in [0.25, 0.3) is 0 Å². The standard InChI is InChI=1S/C7H6N4S2/c8-3-5-1-2-6(13-5)4-10-11-7(9)12/h1-2,4H,(H3,9,11,12)/b10-4-. The average Bonchev–Trinajstić information content (AvgIpc) is 2.52. The highest BCUT2D eigenvalue weighted by atomic mass is 32.1. The van der Waals surface area contributed by atoms with Gasteiger partial charge in [-0.15, -0.1) is 11.3 Å². The molecule has 0 spiro atoms. The molecule has 0 aromatic carbocycles. The second kappa shape index (κ2) is 4.54. The first-order chi connectivity index (χ1) is 6.22. The van der Waals surface area contributed by atoms with Gasteiger partial charge >= 0.3 is 0 Å². The quantitative estimate of drug-likeness (QED) is 0.430. The van der Waals surface area contributed by atoms with Crippen molar-refractivity contribution >= 4 is 34.9 Å². The van der Waals surface area contributed by atoms with Crippen molar-refractivity contribution in [2.75, 3.05) is 0 Å². The van der Waals surface area contributed by atoms with Gasteiger partial charge in [0, 0.05) is 4.88 Å². The molecule has 6 heteroatoms. The summed E-state index contributed by atoms with van der Waals surface area (Å²) in [6, 6.07) is 5.56. The molecule has 0 bridgehead atoms. The molecule has 0 saturated carbocycles. The van der Waals surface area contributed by atoms with Crippen LogP contribution in [0.4, 0.5) is 0 Å². The number of nitrogens with one attached hydrogen (secondary N) is 1. The Morgan fingerprint density at radius 2 is 2.54 bits per heavy atom. The third-order valence-corrected chi connectivity index (χ3v) is 2.12. The normalized spacial score (nSPS) is 9.77. The number of hydrogen-bond donors (Lipinski definition) is 2. The maximum atomic E-state index is 8.52. The maximum Gasteiger partial charge on any atom is 0.184 e. The van der Waals surface area contributed by atoms with Crippen molar-refractivity contribution in [2.45, 2.75) is 0 Å². The zero-order chi connectivity index (χ0) is 9.68. The minimum atomic E-state index is 0.119. The van der Waals surface area contributed by atoms with Gasteiger partial charge in [0.05, 0.1) is 6.21 Å². The van der Waals surface area contributed by atoms with E-state index in [1.165, 1.54) is 11.3 Å². The minimum Gasteiger partial charge on any atom is -0.375 e. The highest BCUT2D eigenvalue weighted by Crippen LogP contribution is 2.12. The molecule has 0 fully saturated rings. The zero-order valence-electron chi connectivity index (χ0n) is 6.52. The number of nitriles is 1. The monoisotopic (exact) mass is 210 g/mol. The molecule has 1 aromatic rings. The van der Waals surface area contributed by atoms with E-state index in [2.05, 4.69) is 22.7 Å². The summed E-state index contributed by atoms with van der Waals surface area (Å²) in [5.74, 6) is 0. The van der Waals surface area contributed by atoms with Crippen LogP contribution in [0.3, 0.4) is 0 Å². The van der Waals surface area contributed by atoms with Crippen molar-refractivity contribution in [3.63, 3.8) is 0 Å². The fourth-order valence-corrected chi connectivity index (χ4v) is 1.37. The lowest BCUT2D eigenvalue weighted by Crippen LogP contribution is -2.23. The number of hydrogen-bond acceptors (Lipinski definition) is 4. The van der Waals surface area contributed by atoms with E-state index in [1.807, 2.05) is 6.07 Å². The van der Waals surface area contributed by atoms with Crippen molar-refractivity contribution in [3.8, 4) is 6.07 Å². The molecule has 0 saturated heterocycles. The van der Waals surface area contributed by atoms with Gasteiger partial charge in [-0.3, -0.25) is 5.43 Å². The Balaban J connectivity index is 2.60. The predicted octanol–water partition coefficient (Wildman–Crippen LogP) is 0.787. The predicted molar refractivity (Wildman–Crippen MR) is 56.5 cm³/mol. The highest BCUT2D eigenvalue weighted by molar-refractivity contribution is 7.80. The lowest BCUT2D eigenvalue weighted by molar-refractivity contribution is 1.04. The van der Waals surface area contributed by atoms with Crippen LogP contribution in [0.25, 0.3) is 0 Å². The van der Waals surface area contributed by atoms with Crippen LogP contribution in [0, 0.1) is 11.3 Å². The Labute approximate surface area is 84.7 Å². The summed E-state index contributed by atoms with van der Waals surface area (Å²) in [5.41, 5.74) is 7.57. The summed E-state index contributed by atoms with van der Waals surface area (Å²) in [4.78, 5) is 1.53. The van der Waals surface area contributed by atoms with Crippen LogP contribution in [-0.4, -0.2) is 11.3 Å². The van der Waals surface area contributed by atoms with Crippen molar-refractivity contribution in [3.05, 3.63) is 21.9 Å². The van der Waals surface area contributed by atoms with E-state index in [0.717, 1.165) is 4.88 Å². The number of thiocarbonyl (C=S) groups is 1. The Kier molecular flexibility index (Phi) is 3.37. The first-order valence-electron chi connectivity index (χ1n) is 3.31. The van der Waals surface area contributed by atoms with E-state index in [1.54, 1.807) is 18.3 Å². The summed E-state index contributed by atoms with van der Waals surface area (Å²) in [6.45, 7) is 0. The molecule has 0 aliphatic heterocycles. The Morgan fingerprint density at radius 1 is 1.77 bits per heavy atom. The molecule has 0 unspecified atom stereocenters. The fourth-order valence-electron chi connectivity index (χ4n) is 0.642. The number of hydrazone groups is 1. The summed E-state index contributed by atoms with van der Waals surface area (Å²) in [6.07, 6.45) is 1.56. The topological polar surface area (TPSA) is 74.2 Å². The average molecular weight is 210 g/mol. The fraction of sp³-hybridized carbons (Fsp3) is 0. The van der Waals surface area contributed by atoms with Gasteiger partial charge in [0.1, 0.15) is 10.9 Å². The molecule has 4 nitrogen and oxygen atoms in total. The van der Waals surface area contributed by atoms with E-state index >= 15 is 0 Å². The molecule has 0 atom stereocenters. The lowest BCUT2D eigenvalue weighted by Gasteiger charge is -1.91. The van der Waals surface area contributed by atoms with Gasteiger partial charge in [0.15, 0.2) is 5.11 Å². The van der Waals surface area contributed by atoms with Gasteiger partial charge in [-0.25, -0.2) is 0 Å². The highest BCUT2D eigenvalue weighted by Gasteiger charge is 1.94. The van der Waals surface area contributed by atoms with Crippen molar-refractivity contribution in [1.82, 2.24) is 5.43 Å². The smallest absolute Gasteiger partial charge is 0.184 e. The van der Waals surface area contributed by atoms with E-state index in [0.29, 0.717) is 4.88 Å². The van der Waals surface area contributed by atoms with E-state index in [9.17, 15) is 0 Å². The summed E-state index contributed by atoms with van der Waals surface area (Å²) in [7, 11) is 0. The lowest BCUT2D eigenvalue weighted by atomic mass is 10.4. The molecule has 0 aliphatic rings. The van der Waals surface area contributed by atoms with Gasteiger partial charge in [0.2, 0.25) is 0 Å². The van der Waals surface area contributed by atoms with Crippen LogP contribution in [-0.2, 0) is 0 Å². The molecule has 0 aliphatic carbocycles. The summed E-state index contributed by atoms with van der Waals surface area (Å²) in [5, 5.41) is 12.4. The van der Waals surface area contributed by atoms with Gasteiger partial charge in [-0.1, -0.05) is 0 Å². The Bertz CT molecular complexity index is 374. The first-order valence-corrected chi connectivity index (χ1v) is 4.53. The molecule has 0 radical (unpaired) electrons. The molecule has 1 rings (SSSR count). The number of thiophene rings is 1. The number of nitrogens with zero attached hydrogens (tertiary/aromatic N) is 2. The summed E-state index contributed by atoms with van der Waals surface area (Å²) < 4.78 is 0. The minimum absolute atomic E-state index is 0.119. The van der Waals surface area contributed by atoms with E-state index in [4.69, 9.17) is 11.0 Å². The van der Waals surface area contributed by atoms with Crippen LogP contribution in [0.5, 0.6) is 0 Å². The third-order valence-electron chi connectivity index (χ3n) is 1.10. The van der Waals surface area contributed by atoms with Gasteiger partial charge in [-0.05, 0) is 24.4 Å². The van der Waals surface area contributed by atoms with Crippen molar-refractivity contribution < 1.29 is 0 Å². The zero-order valence-corrected chi connectivity index (χ0v) is 8.15. The van der Waals surface area contributed by atoms with Crippen LogP contribution < -0.4 is 11.2 Å². The van der Waals surface area contributed by atoms with Crippen LogP contribution in [0.15, 0.2) is 17.2 Å². The SMILES string of the molecule is N#Cc1ccc(/C=N\NC(N)=S)s1. The van der Waals surface area contributed by atoms with E-state index < -0.39 is 0 Å². The molecule has 13 heavy (non-hydrogen) atoms. The third kappa shape index (κ3) is 3.19. The molecular formula is C7H6N4S2. The second-order valence-electron chi connectivity index (χ2n) is 2.05. The molecule has 1 heterocycles. The van der Waals surface area contributed by atoms with E-state index in [-0.39, 0.29) is 5.11 Å². The van der Waals surface area contributed by atoms with Crippen molar-refractivity contribution in [2.24, 2.45) is 10.8 Å². The molecule has 0 amide bonds. The molecule has 66 valence electrons. The second-order valence-corrected chi connectivity index (χ2v) is 3.60. The number of rotatable bonds is 2. The Morgan fingerprint density at radius 3 is 3.08 bits per heavy atom. The molecule has 3 N–H and O–H groups in total.